The zero-order chi connectivity index (χ0) is 16.2. The van der Waals surface area contributed by atoms with E-state index in [1.54, 1.807) is 0 Å². The Bertz CT molecular complexity index is 684. The summed E-state index contributed by atoms with van der Waals surface area (Å²) in [5.41, 5.74) is 2.78. The monoisotopic (exact) mass is 328 g/mol. The van der Waals surface area contributed by atoms with E-state index >= 15 is 0 Å². The highest BCUT2D eigenvalue weighted by Gasteiger charge is 2.19. The first-order valence-corrected chi connectivity index (χ1v) is 8.35. The SMILES string of the molecule is CN1CCC[C@@H](NC(=O)c2cccc(-c3ccc(Cl)cc3)c2)C1. The summed E-state index contributed by atoms with van der Waals surface area (Å²) in [7, 11) is 2.10. The molecule has 1 aliphatic rings. The standard InChI is InChI=1S/C19H21ClN2O/c1-22-11-3-6-18(13-22)21-19(23)16-5-2-4-15(12-16)14-7-9-17(20)10-8-14/h2,4-5,7-10,12,18H,3,6,11,13H2,1H3,(H,21,23)/t18-/m1/s1. The van der Waals surface area contributed by atoms with Crippen LogP contribution in [0, 0.1) is 0 Å². The third-order valence-corrected chi connectivity index (χ3v) is 4.51. The fourth-order valence-corrected chi connectivity index (χ4v) is 3.16. The predicted octanol–water partition coefficient (Wildman–Crippen LogP) is 3.83. The zero-order valence-corrected chi connectivity index (χ0v) is 14.0. The number of hydrogen-bond acceptors (Lipinski definition) is 2. The van der Waals surface area contributed by atoms with Gasteiger partial charge in [0.2, 0.25) is 0 Å². The Kier molecular flexibility index (Phi) is 4.99. The molecule has 0 radical (unpaired) electrons. The van der Waals surface area contributed by atoms with E-state index in [0.29, 0.717) is 10.6 Å². The summed E-state index contributed by atoms with van der Waals surface area (Å²) < 4.78 is 0. The molecule has 120 valence electrons. The summed E-state index contributed by atoms with van der Waals surface area (Å²) in [4.78, 5) is 14.8. The number of benzene rings is 2. The van der Waals surface area contributed by atoms with Gasteiger partial charge in [-0.3, -0.25) is 4.79 Å². The van der Waals surface area contributed by atoms with E-state index in [9.17, 15) is 4.79 Å². The molecule has 1 fully saturated rings. The lowest BCUT2D eigenvalue weighted by Gasteiger charge is -2.30. The molecule has 0 aliphatic carbocycles. The van der Waals surface area contributed by atoms with E-state index < -0.39 is 0 Å². The lowest BCUT2D eigenvalue weighted by molar-refractivity contribution is 0.0912. The van der Waals surface area contributed by atoms with Crippen LogP contribution in [0.15, 0.2) is 48.5 Å². The Balaban J connectivity index is 1.73. The number of rotatable bonds is 3. The number of hydrogen-bond donors (Lipinski definition) is 1. The van der Waals surface area contributed by atoms with Crippen molar-refractivity contribution in [3.05, 3.63) is 59.1 Å². The Labute approximate surface area is 142 Å². The van der Waals surface area contributed by atoms with Gasteiger partial charge in [-0.2, -0.15) is 0 Å². The minimum absolute atomic E-state index is 0.00103. The van der Waals surface area contributed by atoms with Gasteiger partial charge < -0.3 is 10.2 Å². The number of nitrogens with one attached hydrogen (secondary N) is 1. The lowest BCUT2D eigenvalue weighted by Crippen LogP contribution is -2.46. The molecule has 1 amide bonds. The van der Waals surface area contributed by atoms with Gasteiger partial charge in [0.05, 0.1) is 0 Å². The number of carbonyl (C=O) groups excluding carboxylic acids is 1. The van der Waals surface area contributed by atoms with Crippen LogP contribution in [-0.4, -0.2) is 37.0 Å². The van der Waals surface area contributed by atoms with Crippen molar-refractivity contribution >= 4 is 17.5 Å². The summed E-state index contributed by atoms with van der Waals surface area (Å²) in [5, 5.41) is 3.86. The Morgan fingerprint density at radius 3 is 2.70 bits per heavy atom. The highest BCUT2D eigenvalue weighted by atomic mass is 35.5. The highest BCUT2D eigenvalue weighted by molar-refractivity contribution is 6.30. The van der Waals surface area contributed by atoms with E-state index in [1.165, 1.54) is 0 Å². The fourth-order valence-electron chi connectivity index (χ4n) is 3.04. The van der Waals surface area contributed by atoms with Crippen molar-refractivity contribution in [2.75, 3.05) is 20.1 Å². The third kappa shape index (κ3) is 4.12. The summed E-state index contributed by atoms with van der Waals surface area (Å²) in [6.07, 6.45) is 2.18. The molecule has 2 aromatic rings. The third-order valence-electron chi connectivity index (χ3n) is 4.26. The van der Waals surface area contributed by atoms with Gasteiger partial charge in [0.15, 0.2) is 0 Å². The molecule has 23 heavy (non-hydrogen) atoms. The molecule has 0 spiro atoms. The van der Waals surface area contributed by atoms with Gasteiger partial charge in [-0.1, -0.05) is 35.9 Å². The lowest BCUT2D eigenvalue weighted by atomic mass is 10.0. The van der Waals surface area contributed by atoms with Crippen molar-refractivity contribution in [1.29, 1.82) is 0 Å². The van der Waals surface area contributed by atoms with Gasteiger partial charge in [0.25, 0.3) is 5.91 Å². The van der Waals surface area contributed by atoms with Crippen molar-refractivity contribution in [1.82, 2.24) is 10.2 Å². The summed E-state index contributed by atoms with van der Waals surface area (Å²) in [6, 6.07) is 15.6. The number of nitrogens with zero attached hydrogens (tertiary/aromatic N) is 1. The van der Waals surface area contributed by atoms with Crippen molar-refractivity contribution in [2.24, 2.45) is 0 Å². The number of carbonyl (C=O) groups is 1. The molecule has 1 heterocycles. The maximum absolute atomic E-state index is 12.5. The van der Waals surface area contributed by atoms with Gasteiger partial charge in [0.1, 0.15) is 0 Å². The van der Waals surface area contributed by atoms with Gasteiger partial charge in [-0.15, -0.1) is 0 Å². The number of likely N-dealkylation sites (N-methyl/N-ethyl adjacent to an activating group) is 1. The van der Waals surface area contributed by atoms with Crippen molar-refractivity contribution < 1.29 is 4.79 Å². The van der Waals surface area contributed by atoms with E-state index in [0.717, 1.165) is 37.1 Å². The van der Waals surface area contributed by atoms with Gasteiger partial charge in [-0.05, 0) is 61.8 Å². The molecule has 1 aliphatic heterocycles. The Hall–Kier alpha value is -1.84. The van der Waals surface area contributed by atoms with Crippen LogP contribution in [0.2, 0.25) is 5.02 Å². The molecule has 3 rings (SSSR count). The molecule has 1 saturated heterocycles. The maximum atomic E-state index is 12.5. The molecule has 2 aromatic carbocycles. The average molecular weight is 329 g/mol. The largest absolute Gasteiger partial charge is 0.348 e. The van der Waals surface area contributed by atoms with Crippen LogP contribution in [0.1, 0.15) is 23.2 Å². The quantitative estimate of drug-likeness (QED) is 0.928. The molecule has 3 nitrogen and oxygen atoms in total. The first-order valence-electron chi connectivity index (χ1n) is 7.97. The molecule has 1 N–H and O–H groups in total. The molecular weight excluding hydrogens is 308 g/mol. The number of likely N-dealkylation sites (tertiary alicyclic amines) is 1. The smallest absolute Gasteiger partial charge is 0.251 e. The summed E-state index contributed by atoms with van der Waals surface area (Å²) >= 11 is 5.93. The van der Waals surface area contributed by atoms with Crippen molar-refractivity contribution in [3.8, 4) is 11.1 Å². The van der Waals surface area contributed by atoms with Crippen LogP contribution in [-0.2, 0) is 0 Å². The first-order chi connectivity index (χ1) is 11.1. The van der Waals surface area contributed by atoms with Crippen LogP contribution in [0.25, 0.3) is 11.1 Å². The fraction of sp³-hybridized carbons (Fsp3) is 0.316. The molecule has 4 heteroatoms. The van der Waals surface area contributed by atoms with Crippen LogP contribution in [0.3, 0.4) is 0 Å². The van der Waals surface area contributed by atoms with Crippen molar-refractivity contribution in [2.45, 2.75) is 18.9 Å². The van der Waals surface area contributed by atoms with E-state index in [2.05, 4.69) is 17.3 Å². The minimum Gasteiger partial charge on any atom is -0.348 e. The molecule has 0 aromatic heterocycles. The number of halogens is 1. The molecule has 0 bridgehead atoms. The second kappa shape index (κ2) is 7.16. The topological polar surface area (TPSA) is 32.3 Å². The van der Waals surface area contributed by atoms with Crippen LogP contribution in [0.4, 0.5) is 0 Å². The van der Waals surface area contributed by atoms with Gasteiger partial charge in [0, 0.05) is 23.2 Å². The normalized spacial score (nSPS) is 18.6. The van der Waals surface area contributed by atoms with Crippen LogP contribution >= 0.6 is 11.6 Å². The van der Waals surface area contributed by atoms with E-state index in [4.69, 9.17) is 11.6 Å². The van der Waals surface area contributed by atoms with Gasteiger partial charge >= 0.3 is 0 Å². The molecule has 0 saturated carbocycles. The summed E-state index contributed by atoms with van der Waals surface area (Å²) in [6.45, 7) is 2.03. The van der Waals surface area contributed by atoms with Crippen LogP contribution in [0.5, 0.6) is 0 Å². The minimum atomic E-state index is 0.00103. The maximum Gasteiger partial charge on any atom is 0.251 e. The molecular formula is C19H21ClN2O. The number of piperidine rings is 1. The van der Waals surface area contributed by atoms with Gasteiger partial charge in [-0.25, -0.2) is 0 Å². The second-order valence-corrected chi connectivity index (χ2v) is 6.60. The van der Waals surface area contributed by atoms with Crippen LogP contribution < -0.4 is 5.32 Å². The summed E-state index contributed by atoms with van der Waals surface area (Å²) in [5.74, 6) is 0.00103. The Morgan fingerprint density at radius 2 is 1.96 bits per heavy atom. The predicted molar refractivity (Wildman–Crippen MR) is 94.9 cm³/mol. The molecule has 0 unspecified atom stereocenters. The van der Waals surface area contributed by atoms with Crippen molar-refractivity contribution in [3.63, 3.8) is 0 Å². The second-order valence-electron chi connectivity index (χ2n) is 6.16. The van der Waals surface area contributed by atoms with E-state index in [-0.39, 0.29) is 11.9 Å². The first kappa shape index (κ1) is 16.0. The van der Waals surface area contributed by atoms with E-state index in [1.807, 2.05) is 48.5 Å². The average Bonchev–Trinajstić information content (AvgIpc) is 2.56. The highest BCUT2D eigenvalue weighted by Crippen LogP contribution is 2.22. The number of amides is 1. The molecule has 1 atom stereocenters. The zero-order valence-electron chi connectivity index (χ0n) is 13.3. The Morgan fingerprint density at radius 1 is 1.17 bits per heavy atom.